The first-order chi connectivity index (χ1) is 9.33. The summed E-state index contributed by atoms with van der Waals surface area (Å²) < 4.78 is 11.5. The van der Waals surface area contributed by atoms with Gasteiger partial charge in [0.15, 0.2) is 0 Å². The predicted molar refractivity (Wildman–Crippen MR) is 71.4 cm³/mol. The normalized spacial score (nSPS) is 19.2. The second kappa shape index (κ2) is 5.13. The summed E-state index contributed by atoms with van der Waals surface area (Å²) in [6, 6.07) is 19.1. The molecule has 2 aromatic carbocycles. The number of aliphatic hydroxyl groups excluding tert-OH is 1. The molecule has 3 heteroatoms. The van der Waals surface area contributed by atoms with Gasteiger partial charge in [0, 0.05) is 5.56 Å². The van der Waals surface area contributed by atoms with Crippen molar-refractivity contribution in [3.05, 3.63) is 71.8 Å². The molecule has 0 saturated carbocycles. The van der Waals surface area contributed by atoms with Crippen molar-refractivity contribution < 1.29 is 14.6 Å². The number of aliphatic hydroxyl groups is 1. The molecule has 3 nitrogen and oxygen atoms in total. The lowest BCUT2D eigenvalue weighted by Gasteiger charge is -2.32. The van der Waals surface area contributed by atoms with Crippen molar-refractivity contribution in [1.82, 2.24) is 0 Å². The third kappa shape index (κ3) is 2.16. The molecule has 1 atom stereocenters. The summed E-state index contributed by atoms with van der Waals surface area (Å²) in [4.78, 5) is 0. The standard InChI is InChI=1S/C16H16O3/c17-15(13-7-3-1-4-8-13)16(18-11-12-19-16)14-9-5-2-6-10-14/h1-10,15,17H,11-12H2/t15-/m1/s1. The quantitative estimate of drug-likeness (QED) is 0.917. The van der Waals surface area contributed by atoms with Crippen molar-refractivity contribution >= 4 is 0 Å². The summed E-state index contributed by atoms with van der Waals surface area (Å²) in [7, 11) is 0. The molecular weight excluding hydrogens is 240 g/mol. The average molecular weight is 256 g/mol. The van der Waals surface area contributed by atoms with Gasteiger partial charge in [-0.25, -0.2) is 0 Å². The molecule has 19 heavy (non-hydrogen) atoms. The van der Waals surface area contributed by atoms with Gasteiger partial charge in [-0.3, -0.25) is 0 Å². The first kappa shape index (κ1) is 12.4. The monoisotopic (exact) mass is 256 g/mol. The number of rotatable bonds is 3. The van der Waals surface area contributed by atoms with Crippen molar-refractivity contribution in [3.8, 4) is 0 Å². The zero-order chi connectivity index (χ0) is 13.1. The smallest absolute Gasteiger partial charge is 0.226 e. The summed E-state index contributed by atoms with van der Waals surface area (Å²) in [5.41, 5.74) is 1.62. The fourth-order valence-electron chi connectivity index (χ4n) is 2.44. The van der Waals surface area contributed by atoms with Gasteiger partial charge in [0.05, 0.1) is 13.2 Å². The lowest BCUT2D eigenvalue weighted by molar-refractivity contribution is -0.232. The molecular formula is C16H16O3. The van der Waals surface area contributed by atoms with Crippen molar-refractivity contribution in [1.29, 1.82) is 0 Å². The third-order valence-corrected chi connectivity index (χ3v) is 3.37. The number of ether oxygens (including phenoxy) is 2. The van der Waals surface area contributed by atoms with Crippen molar-refractivity contribution in [2.75, 3.05) is 13.2 Å². The van der Waals surface area contributed by atoms with E-state index < -0.39 is 11.9 Å². The average Bonchev–Trinajstić information content (AvgIpc) is 2.99. The van der Waals surface area contributed by atoms with Crippen LogP contribution in [0.3, 0.4) is 0 Å². The van der Waals surface area contributed by atoms with E-state index in [1.54, 1.807) is 0 Å². The molecule has 1 fully saturated rings. The van der Waals surface area contributed by atoms with Crippen LogP contribution < -0.4 is 0 Å². The van der Waals surface area contributed by atoms with Crippen molar-refractivity contribution in [2.24, 2.45) is 0 Å². The highest BCUT2D eigenvalue weighted by atomic mass is 16.7. The van der Waals surface area contributed by atoms with Crippen LogP contribution >= 0.6 is 0 Å². The molecule has 0 spiro atoms. The Bertz CT molecular complexity index is 518. The minimum Gasteiger partial charge on any atom is -0.382 e. The summed E-state index contributed by atoms with van der Waals surface area (Å²) in [6.07, 6.45) is -0.849. The summed E-state index contributed by atoms with van der Waals surface area (Å²) in [6.45, 7) is 0.970. The van der Waals surface area contributed by atoms with Gasteiger partial charge in [-0.05, 0) is 5.56 Å². The maximum absolute atomic E-state index is 10.7. The van der Waals surface area contributed by atoms with Crippen LogP contribution in [-0.4, -0.2) is 18.3 Å². The Hall–Kier alpha value is -1.68. The molecule has 0 aromatic heterocycles. The molecule has 3 rings (SSSR count). The maximum Gasteiger partial charge on any atom is 0.226 e. The Balaban J connectivity index is 2.02. The van der Waals surface area contributed by atoms with Gasteiger partial charge in [0.1, 0.15) is 6.10 Å². The van der Waals surface area contributed by atoms with Crippen LogP contribution in [0.1, 0.15) is 17.2 Å². The van der Waals surface area contributed by atoms with Gasteiger partial charge in [-0.15, -0.1) is 0 Å². The lowest BCUT2D eigenvalue weighted by atomic mass is 9.94. The molecule has 0 amide bonds. The minimum absolute atomic E-state index is 0.485. The fraction of sp³-hybridized carbons (Fsp3) is 0.250. The third-order valence-electron chi connectivity index (χ3n) is 3.37. The molecule has 1 heterocycles. The lowest BCUT2D eigenvalue weighted by Crippen LogP contribution is -2.34. The molecule has 1 saturated heterocycles. The van der Waals surface area contributed by atoms with E-state index in [9.17, 15) is 5.11 Å². The SMILES string of the molecule is O[C@H](c1ccccc1)C1(c2ccccc2)OCCO1. The van der Waals surface area contributed by atoms with Crippen molar-refractivity contribution in [3.63, 3.8) is 0 Å². The van der Waals surface area contributed by atoms with Crippen molar-refractivity contribution in [2.45, 2.75) is 11.9 Å². The van der Waals surface area contributed by atoms with Crippen LogP contribution in [0.25, 0.3) is 0 Å². The number of hydrogen-bond donors (Lipinski definition) is 1. The molecule has 0 bridgehead atoms. The predicted octanol–water partition coefficient (Wildman–Crippen LogP) is 2.62. The second-order valence-electron chi connectivity index (χ2n) is 4.54. The van der Waals surface area contributed by atoms with E-state index in [2.05, 4.69) is 0 Å². The summed E-state index contributed by atoms with van der Waals surface area (Å²) in [5, 5.41) is 10.7. The second-order valence-corrected chi connectivity index (χ2v) is 4.54. The maximum atomic E-state index is 10.7. The van der Waals surface area contributed by atoms with Crippen LogP contribution in [0, 0.1) is 0 Å². The fourth-order valence-corrected chi connectivity index (χ4v) is 2.44. The highest BCUT2D eigenvalue weighted by Crippen LogP contribution is 2.42. The van der Waals surface area contributed by atoms with Gasteiger partial charge in [0.2, 0.25) is 5.79 Å². The summed E-state index contributed by atoms with van der Waals surface area (Å²) >= 11 is 0. The van der Waals surface area contributed by atoms with Gasteiger partial charge in [-0.1, -0.05) is 60.7 Å². The molecule has 0 aliphatic carbocycles. The van der Waals surface area contributed by atoms with Gasteiger partial charge < -0.3 is 14.6 Å². The highest BCUT2D eigenvalue weighted by Gasteiger charge is 2.46. The molecule has 0 unspecified atom stereocenters. The van der Waals surface area contributed by atoms with Crippen LogP contribution in [-0.2, 0) is 15.3 Å². The van der Waals surface area contributed by atoms with E-state index in [-0.39, 0.29) is 0 Å². The Labute approximate surface area is 112 Å². The molecule has 0 radical (unpaired) electrons. The number of hydrogen-bond acceptors (Lipinski definition) is 3. The van der Waals surface area contributed by atoms with E-state index in [1.807, 2.05) is 60.7 Å². The molecule has 1 N–H and O–H groups in total. The molecule has 1 aliphatic rings. The highest BCUT2D eigenvalue weighted by molar-refractivity contribution is 5.28. The zero-order valence-electron chi connectivity index (χ0n) is 10.5. The van der Waals surface area contributed by atoms with E-state index in [1.165, 1.54) is 0 Å². The summed E-state index contributed by atoms with van der Waals surface area (Å²) in [5.74, 6) is -1.09. The minimum atomic E-state index is -1.09. The van der Waals surface area contributed by atoms with Gasteiger partial charge in [0.25, 0.3) is 0 Å². The Morgan fingerprint density at radius 2 is 1.37 bits per heavy atom. The number of benzene rings is 2. The van der Waals surface area contributed by atoms with Crippen LogP contribution in [0.5, 0.6) is 0 Å². The first-order valence-corrected chi connectivity index (χ1v) is 6.39. The Morgan fingerprint density at radius 3 is 1.95 bits per heavy atom. The van der Waals surface area contributed by atoms with E-state index in [0.717, 1.165) is 11.1 Å². The Morgan fingerprint density at radius 1 is 0.842 bits per heavy atom. The van der Waals surface area contributed by atoms with Gasteiger partial charge >= 0.3 is 0 Å². The largest absolute Gasteiger partial charge is 0.382 e. The van der Waals surface area contributed by atoms with E-state index in [4.69, 9.17) is 9.47 Å². The Kier molecular flexibility index (Phi) is 3.34. The zero-order valence-corrected chi connectivity index (χ0v) is 10.5. The molecule has 98 valence electrons. The van der Waals surface area contributed by atoms with Crippen LogP contribution in [0.4, 0.5) is 0 Å². The first-order valence-electron chi connectivity index (χ1n) is 6.39. The van der Waals surface area contributed by atoms with Crippen LogP contribution in [0.15, 0.2) is 60.7 Å². The van der Waals surface area contributed by atoms with Crippen LogP contribution in [0.2, 0.25) is 0 Å². The van der Waals surface area contributed by atoms with Gasteiger partial charge in [-0.2, -0.15) is 0 Å². The molecule has 2 aromatic rings. The molecule has 1 aliphatic heterocycles. The van der Waals surface area contributed by atoms with E-state index >= 15 is 0 Å². The van der Waals surface area contributed by atoms with E-state index in [0.29, 0.717) is 13.2 Å². The topological polar surface area (TPSA) is 38.7 Å².